The molecule has 1 saturated heterocycles. The van der Waals surface area contributed by atoms with Crippen molar-refractivity contribution in [3.05, 3.63) is 60.2 Å². The van der Waals surface area contributed by atoms with Crippen molar-refractivity contribution in [2.24, 2.45) is 0 Å². The topological polar surface area (TPSA) is 86.8 Å². The Morgan fingerprint density at radius 1 is 1.00 bits per heavy atom. The molecular weight excluding hydrogens is 438 g/mol. The predicted molar refractivity (Wildman–Crippen MR) is 127 cm³/mol. The fraction of sp³-hybridized carbons (Fsp3) is 0.440. The van der Waals surface area contributed by atoms with Crippen LogP contribution in [0.25, 0.3) is 0 Å². The summed E-state index contributed by atoms with van der Waals surface area (Å²) in [5.74, 6) is -0.740. The molecule has 2 fully saturated rings. The molecule has 1 N–H and O–H groups in total. The number of hydrogen-bond acceptors (Lipinski definition) is 4. The van der Waals surface area contributed by atoms with Gasteiger partial charge in [0.15, 0.2) is 0 Å². The first kappa shape index (κ1) is 23.4. The first-order valence-electron chi connectivity index (χ1n) is 11.5. The van der Waals surface area contributed by atoms with Gasteiger partial charge in [-0.2, -0.15) is 4.31 Å². The third-order valence-electron chi connectivity index (χ3n) is 6.71. The summed E-state index contributed by atoms with van der Waals surface area (Å²) in [4.78, 5) is 28.8. The number of hydrogen-bond donors (Lipinski definition) is 1. The second-order valence-electron chi connectivity index (χ2n) is 9.18. The Kier molecular flexibility index (Phi) is 6.59. The zero-order chi connectivity index (χ0) is 23.6. The molecule has 2 aliphatic rings. The van der Waals surface area contributed by atoms with E-state index in [9.17, 15) is 18.0 Å². The van der Waals surface area contributed by atoms with Gasteiger partial charge in [0.25, 0.3) is 0 Å². The number of amides is 2. The highest BCUT2D eigenvalue weighted by Gasteiger charge is 2.51. The minimum Gasteiger partial charge on any atom is -0.351 e. The molecule has 0 unspecified atom stereocenters. The highest BCUT2D eigenvalue weighted by molar-refractivity contribution is 7.89. The molecule has 7 nitrogen and oxygen atoms in total. The van der Waals surface area contributed by atoms with E-state index < -0.39 is 21.5 Å². The van der Waals surface area contributed by atoms with Crippen LogP contribution in [-0.4, -0.2) is 49.2 Å². The molecule has 2 aromatic rings. The summed E-state index contributed by atoms with van der Waals surface area (Å²) < 4.78 is 27.9. The molecule has 1 aliphatic heterocycles. The number of benzene rings is 2. The molecule has 176 valence electrons. The van der Waals surface area contributed by atoms with Gasteiger partial charge in [-0.3, -0.25) is 14.5 Å². The highest BCUT2D eigenvalue weighted by Crippen LogP contribution is 2.34. The Hall–Kier alpha value is -2.71. The molecular formula is C25H31N3O4S. The van der Waals surface area contributed by atoms with Crippen molar-refractivity contribution >= 4 is 27.5 Å². The number of piperazine rings is 1. The Balaban J connectivity index is 1.73. The van der Waals surface area contributed by atoms with Gasteiger partial charge >= 0.3 is 0 Å². The lowest BCUT2D eigenvalue weighted by molar-refractivity contribution is -0.133. The summed E-state index contributed by atoms with van der Waals surface area (Å²) in [6, 6.07) is 15.5. The van der Waals surface area contributed by atoms with E-state index in [1.54, 1.807) is 31.2 Å². The normalized spacial score (nSPS) is 22.8. The lowest BCUT2D eigenvalue weighted by Crippen LogP contribution is -2.71. The molecule has 0 aromatic heterocycles. The summed E-state index contributed by atoms with van der Waals surface area (Å²) >= 11 is 0. The third kappa shape index (κ3) is 4.54. The van der Waals surface area contributed by atoms with Crippen LogP contribution in [0.4, 0.5) is 5.69 Å². The van der Waals surface area contributed by atoms with Crippen LogP contribution in [0.2, 0.25) is 0 Å². The molecule has 0 radical (unpaired) electrons. The first-order chi connectivity index (χ1) is 15.7. The fourth-order valence-corrected chi connectivity index (χ4v) is 6.35. The lowest BCUT2D eigenvalue weighted by Gasteiger charge is -2.47. The molecule has 0 spiro atoms. The van der Waals surface area contributed by atoms with Crippen LogP contribution in [0.1, 0.15) is 44.6 Å². The molecule has 1 saturated carbocycles. The van der Waals surface area contributed by atoms with E-state index in [0.717, 1.165) is 42.0 Å². The van der Waals surface area contributed by atoms with Crippen LogP contribution in [-0.2, 0) is 19.6 Å². The van der Waals surface area contributed by atoms with E-state index in [2.05, 4.69) is 5.32 Å². The SMILES string of the molecule is Cc1ccccc1N1C(=O)CN(S(=O)(=O)c2ccccc2)C[C@]1(C)C(=O)NC1CCCCC1. The molecule has 1 atom stereocenters. The lowest BCUT2D eigenvalue weighted by atomic mass is 9.91. The van der Waals surface area contributed by atoms with Crippen molar-refractivity contribution in [3.63, 3.8) is 0 Å². The summed E-state index contributed by atoms with van der Waals surface area (Å²) in [5, 5.41) is 3.13. The van der Waals surface area contributed by atoms with Gasteiger partial charge in [0.05, 0.1) is 11.4 Å². The molecule has 0 bridgehead atoms. The molecule has 8 heteroatoms. The third-order valence-corrected chi connectivity index (χ3v) is 8.51. The zero-order valence-electron chi connectivity index (χ0n) is 19.2. The van der Waals surface area contributed by atoms with Crippen molar-refractivity contribution in [1.29, 1.82) is 0 Å². The quantitative estimate of drug-likeness (QED) is 0.728. The number of nitrogens with one attached hydrogen (secondary N) is 1. The Labute approximate surface area is 195 Å². The standard InChI is InChI=1S/C25H31N3O4S/c1-19-11-9-10-16-22(19)28-23(29)17-27(33(31,32)21-14-7-4-8-15-21)18-25(28,2)24(30)26-20-12-5-3-6-13-20/h4,7-11,14-16,20H,3,5-6,12-13,17-18H2,1-2H3,(H,26,30)/t25-/m1/s1. The van der Waals surface area contributed by atoms with Gasteiger partial charge in [0.2, 0.25) is 21.8 Å². The zero-order valence-corrected chi connectivity index (χ0v) is 20.0. The Morgan fingerprint density at radius 2 is 1.64 bits per heavy atom. The number of aryl methyl sites for hydroxylation is 1. The maximum atomic E-state index is 13.7. The number of nitrogens with zero attached hydrogens (tertiary/aromatic N) is 2. The van der Waals surface area contributed by atoms with Crippen molar-refractivity contribution in [2.45, 2.75) is 62.4 Å². The minimum absolute atomic E-state index is 0.0398. The van der Waals surface area contributed by atoms with Crippen LogP contribution < -0.4 is 10.2 Å². The van der Waals surface area contributed by atoms with Gasteiger partial charge in [-0.1, -0.05) is 55.7 Å². The largest absolute Gasteiger partial charge is 0.351 e. The Bertz CT molecular complexity index is 1130. The molecule has 1 heterocycles. The van der Waals surface area contributed by atoms with Crippen LogP contribution >= 0.6 is 0 Å². The van der Waals surface area contributed by atoms with Gasteiger partial charge < -0.3 is 5.32 Å². The van der Waals surface area contributed by atoms with E-state index in [-0.39, 0.29) is 29.9 Å². The van der Waals surface area contributed by atoms with Gasteiger partial charge in [-0.25, -0.2) is 8.42 Å². The van der Waals surface area contributed by atoms with Gasteiger partial charge in [-0.05, 0) is 50.5 Å². The van der Waals surface area contributed by atoms with Crippen LogP contribution in [0.15, 0.2) is 59.5 Å². The Morgan fingerprint density at radius 3 is 2.30 bits per heavy atom. The summed E-state index contributed by atoms with van der Waals surface area (Å²) in [5.41, 5.74) is 0.0864. The first-order valence-corrected chi connectivity index (χ1v) is 12.9. The number of para-hydroxylation sites is 1. The van der Waals surface area contributed by atoms with Crippen molar-refractivity contribution in [1.82, 2.24) is 9.62 Å². The van der Waals surface area contributed by atoms with Crippen molar-refractivity contribution in [2.75, 3.05) is 18.0 Å². The van der Waals surface area contributed by atoms with E-state index in [4.69, 9.17) is 0 Å². The maximum absolute atomic E-state index is 13.7. The molecule has 1 aliphatic carbocycles. The highest BCUT2D eigenvalue weighted by atomic mass is 32.2. The van der Waals surface area contributed by atoms with Crippen LogP contribution in [0.5, 0.6) is 0 Å². The molecule has 4 rings (SSSR count). The van der Waals surface area contributed by atoms with Gasteiger partial charge in [0.1, 0.15) is 5.54 Å². The number of carbonyl (C=O) groups excluding carboxylic acids is 2. The van der Waals surface area contributed by atoms with Gasteiger partial charge in [0, 0.05) is 18.3 Å². The number of rotatable bonds is 5. The summed E-state index contributed by atoms with van der Waals surface area (Å²) in [6.07, 6.45) is 5.05. The number of carbonyl (C=O) groups is 2. The second kappa shape index (κ2) is 9.27. The van der Waals surface area contributed by atoms with E-state index in [1.165, 1.54) is 17.0 Å². The summed E-state index contributed by atoms with van der Waals surface area (Å²) in [7, 11) is -3.94. The molecule has 33 heavy (non-hydrogen) atoms. The van der Waals surface area contributed by atoms with Gasteiger partial charge in [-0.15, -0.1) is 0 Å². The minimum atomic E-state index is -3.94. The monoisotopic (exact) mass is 469 g/mol. The number of anilines is 1. The van der Waals surface area contributed by atoms with Crippen LogP contribution in [0.3, 0.4) is 0 Å². The van der Waals surface area contributed by atoms with E-state index in [0.29, 0.717) is 5.69 Å². The van der Waals surface area contributed by atoms with Crippen molar-refractivity contribution < 1.29 is 18.0 Å². The molecule has 2 amide bonds. The predicted octanol–water partition coefficient (Wildman–Crippen LogP) is 3.24. The molecule has 2 aromatic carbocycles. The average Bonchev–Trinajstić information content (AvgIpc) is 2.81. The van der Waals surface area contributed by atoms with Crippen LogP contribution in [0, 0.1) is 6.92 Å². The van der Waals surface area contributed by atoms with E-state index in [1.807, 2.05) is 25.1 Å². The number of sulfonamides is 1. The summed E-state index contributed by atoms with van der Waals surface area (Å²) in [6.45, 7) is 3.11. The average molecular weight is 470 g/mol. The smallest absolute Gasteiger partial charge is 0.247 e. The second-order valence-corrected chi connectivity index (χ2v) is 11.1. The van der Waals surface area contributed by atoms with Crippen molar-refractivity contribution in [3.8, 4) is 0 Å². The maximum Gasteiger partial charge on any atom is 0.247 e. The van der Waals surface area contributed by atoms with E-state index >= 15 is 0 Å². The fourth-order valence-electron chi connectivity index (χ4n) is 4.85.